The number of hydrogen-bond acceptors (Lipinski definition) is 10. The lowest BCUT2D eigenvalue weighted by Crippen LogP contribution is -2.64. The van der Waals surface area contributed by atoms with E-state index in [1.54, 1.807) is 19.0 Å². The van der Waals surface area contributed by atoms with Gasteiger partial charge < -0.3 is 41.3 Å². The number of phenols is 1. The first-order valence-corrected chi connectivity index (χ1v) is 13.9. The van der Waals surface area contributed by atoms with E-state index < -0.39 is 59.7 Å². The van der Waals surface area contributed by atoms with E-state index in [2.05, 4.69) is 5.32 Å². The van der Waals surface area contributed by atoms with Crippen molar-refractivity contribution in [3.63, 3.8) is 0 Å². The highest BCUT2D eigenvalue weighted by molar-refractivity contribution is 6.23. The minimum Gasteiger partial charge on any atom is -0.507 e. The van der Waals surface area contributed by atoms with Crippen molar-refractivity contribution in [2.75, 3.05) is 39.7 Å². The molecule has 220 valence electrons. The summed E-state index contributed by atoms with van der Waals surface area (Å²) in [7, 11) is 7.04. The first kappa shape index (κ1) is 30.0. The van der Waals surface area contributed by atoms with Crippen LogP contribution in [-0.2, 0) is 27.3 Å². The molecule has 2 saturated carbocycles. The number of amides is 1. The summed E-state index contributed by atoms with van der Waals surface area (Å²) in [5, 5.41) is 48.4. The Kier molecular flexibility index (Phi) is 8.60. The molecule has 3 aliphatic rings. The minimum absolute atomic E-state index is 0.0770. The van der Waals surface area contributed by atoms with Crippen LogP contribution < -0.4 is 16.0 Å². The second-order valence-electron chi connectivity index (χ2n) is 11.9. The molecule has 0 aromatic heterocycles. The van der Waals surface area contributed by atoms with E-state index in [1.165, 1.54) is 0 Å². The molecule has 40 heavy (non-hydrogen) atoms. The summed E-state index contributed by atoms with van der Waals surface area (Å²) in [6.07, 6.45) is 3.88. The van der Waals surface area contributed by atoms with Crippen LogP contribution in [0.5, 0.6) is 5.75 Å². The number of carbonyl (C=O) groups is 3. The van der Waals surface area contributed by atoms with E-state index in [9.17, 15) is 34.8 Å². The van der Waals surface area contributed by atoms with Gasteiger partial charge >= 0.3 is 0 Å². The second kappa shape index (κ2) is 11.5. The van der Waals surface area contributed by atoms with Gasteiger partial charge in [-0.3, -0.25) is 14.4 Å². The van der Waals surface area contributed by atoms with Crippen LogP contribution in [-0.4, -0.2) is 95.3 Å². The molecular formula is C29H42N4O7. The lowest BCUT2D eigenvalue weighted by molar-refractivity contribution is -0.163. The quantitative estimate of drug-likeness (QED) is 0.223. The molecule has 0 aliphatic heterocycles. The number of ketones is 2. The Bertz CT molecular complexity index is 1220. The Labute approximate surface area is 234 Å². The van der Waals surface area contributed by atoms with E-state index in [4.69, 9.17) is 5.73 Å². The van der Waals surface area contributed by atoms with Gasteiger partial charge in [0.1, 0.15) is 11.5 Å². The second-order valence-corrected chi connectivity index (χ2v) is 11.9. The summed E-state index contributed by atoms with van der Waals surface area (Å²) in [6, 6.07) is 1.44. The van der Waals surface area contributed by atoms with E-state index in [0.29, 0.717) is 23.7 Å². The molecule has 1 amide bonds. The number of primary amides is 1. The number of anilines is 1. The number of nitrogens with zero attached hydrogens (tertiary/aromatic N) is 2. The van der Waals surface area contributed by atoms with E-state index in [1.807, 2.05) is 25.1 Å². The maximum absolute atomic E-state index is 14.0. The molecule has 0 spiro atoms. The Hall–Kier alpha value is -2.99. The Morgan fingerprint density at radius 3 is 2.38 bits per heavy atom. The van der Waals surface area contributed by atoms with Crippen LogP contribution in [0, 0.1) is 11.8 Å². The highest BCUT2D eigenvalue weighted by atomic mass is 16.3. The fourth-order valence-corrected chi connectivity index (χ4v) is 6.87. The van der Waals surface area contributed by atoms with Gasteiger partial charge in [-0.1, -0.05) is 12.8 Å². The van der Waals surface area contributed by atoms with Gasteiger partial charge in [-0.15, -0.1) is 0 Å². The van der Waals surface area contributed by atoms with Crippen LogP contribution in [0.3, 0.4) is 0 Å². The van der Waals surface area contributed by atoms with Gasteiger partial charge in [0.2, 0.25) is 11.7 Å². The lowest BCUT2D eigenvalue weighted by Gasteiger charge is -2.47. The predicted octanol–water partition coefficient (Wildman–Crippen LogP) is 0.619. The zero-order valence-electron chi connectivity index (χ0n) is 23.7. The molecule has 11 heteroatoms. The molecular weight excluding hydrogens is 516 g/mol. The molecule has 1 aromatic rings. The Morgan fingerprint density at radius 2 is 1.82 bits per heavy atom. The van der Waals surface area contributed by atoms with E-state index >= 15 is 0 Å². The van der Waals surface area contributed by atoms with Crippen LogP contribution in [0.1, 0.15) is 55.2 Å². The van der Waals surface area contributed by atoms with Crippen LogP contribution in [0.2, 0.25) is 0 Å². The average Bonchev–Trinajstić information content (AvgIpc) is 3.39. The third-order valence-corrected chi connectivity index (χ3v) is 8.97. The zero-order valence-corrected chi connectivity index (χ0v) is 23.7. The summed E-state index contributed by atoms with van der Waals surface area (Å²) < 4.78 is 0. The van der Waals surface area contributed by atoms with Gasteiger partial charge in [0, 0.05) is 55.5 Å². The number of hydrogen-bond donors (Lipinski definition) is 6. The standard InChI is InChI=1S/C29H42N4O7/c1-32(2)20-11-16(13-31-17-7-5-6-8-17)26(37)25-18(20)9-15-10-19(21(14-34)33(3)4)29(40,22(35)12-23(30)36)28(39)24(15)27(25)38/h11,15,17,19,21,31,34,37-38,40H,5-10,12-14H2,1-4H3,(H2,30,36)/t15-,19-,21+,29+/m0/s1. The summed E-state index contributed by atoms with van der Waals surface area (Å²) in [6.45, 7) is -0.0821. The molecule has 0 unspecified atom stereocenters. The van der Waals surface area contributed by atoms with Crippen LogP contribution in [0.25, 0.3) is 5.76 Å². The largest absolute Gasteiger partial charge is 0.507 e. The number of aliphatic hydroxyl groups is 3. The van der Waals surface area contributed by atoms with Gasteiger partial charge in [-0.2, -0.15) is 0 Å². The number of phenolic OH excluding ortho intramolecular Hbond substituents is 1. The Morgan fingerprint density at radius 1 is 1.18 bits per heavy atom. The normalized spacial score (nSPS) is 25.6. The molecule has 4 rings (SSSR count). The van der Waals surface area contributed by atoms with Crippen LogP contribution >= 0.6 is 0 Å². The van der Waals surface area contributed by atoms with E-state index in [-0.39, 0.29) is 29.7 Å². The van der Waals surface area contributed by atoms with Crippen molar-refractivity contribution in [3.05, 3.63) is 28.3 Å². The Balaban J connectivity index is 1.86. The SMILES string of the molecule is CN(C)c1cc(CNC2CCCC2)c(O)c2c1C[C@H]1C[C@@H]([C@@H](CO)N(C)C)[C@@](O)(C(=O)CC(N)=O)C(=O)C1=C2O. The fraction of sp³-hybridized carbons (Fsp3) is 0.621. The molecule has 3 aliphatic carbocycles. The number of nitrogens with two attached hydrogens (primary N) is 1. The fourth-order valence-electron chi connectivity index (χ4n) is 6.87. The number of carbonyl (C=O) groups excluding carboxylic acids is 3. The average molecular weight is 559 g/mol. The van der Waals surface area contributed by atoms with Crippen molar-refractivity contribution in [3.8, 4) is 5.75 Å². The topological polar surface area (TPSA) is 177 Å². The number of likely N-dealkylation sites (N-methyl/N-ethyl adjacent to an activating group) is 1. The number of aromatic hydroxyl groups is 1. The maximum Gasteiger partial charge on any atom is 0.225 e. The first-order valence-electron chi connectivity index (χ1n) is 13.9. The van der Waals surface area contributed by atoms with Crippen molar-refractivity contribution in [1.29, 1.82) is 0 Å². The summed E-state index contributed by atoms with van der Waals surface area (Å²) in [5.74, 6) is -5.40. The van der Waals surface area contributed by atoms with Gasteiger partial charge in [0.05, 0.1) is 18.6 Å². The molecule has 7 N–H and O–H groups in total. The van der Waals surface area contributed by atoms with Gasteiger partial charge in [0.15, 0.2) is 11.4 Å². The first-order chi connectivity index (χ1) is 18.8. The molecule has 0 saturated heterocycles. The maximum atomic E-state index is 14.0. The number of nitrogens with one attached hydrogen (secondary N) is 1. The molecule has 0 radical (unpaired) electrons. The van der Waals surface area contributed by atoms with Gasteiger partial charge in [-0.05, 0) is 57.3 Å². The third-order valence-electron chi connectivity index (χ3n) is 8.97. The molecule has 4 atom stereocenters. The van der Waals surface area contributed by atoms with Crippen molar-refractivity contribution < 1.29 is 34.8 Å². The number of Topliss-reactive ketones (excluding diaryl/α,β-unsaturated/α-hetero) is 2. The molecule has 0 heterocycles. The lowest BCUT2D eigenvalue weighted by atomic mass is 9.59. The van der Waals surface area contributed by atoms with Gasteiger partial charge in [-0.25, -0.2) is 0 Å². The zero-order chi connectivity index (χ0) is 29.5. The number of fused-ring (bicyclic) bond motifs is 2. The highest BCUT2D eigenvalue weighted by Crippen LogP contribution is 2.51. The predicted molar refractivity (Wildman–Crippen MR) is 150 cm³/mol. The number of aliphatic hydroxyl groups excluding tert-OH is 2. The van der Waals surface area contributed by atoms with Crippen LogP contribution in [0.4, 0.5) is 5.69 Å². The van der Waals surface area contributed by atoms with E-state index in [0.717, 1.165) is 31.4 Å². The molecule has 1 aromatic carbocycles. The molecule has 0 bridgehead atoms. The van der Waals surface area contributed by atoms with Crippen LogP contribution in [0.15, 0.2) is 11.6 Å². The number of rotatable bonds is 10. The summed E-state index contributed by atoms with van der Waals surface area (Å²) in [5.41, 5.74) is 4.52. The summed E-state index contributed by atoms with van der Waals surface area (Å²) in [4.78, 5) is 42.5. The molecule has 2 fully saturated rings. The van der Waals surface area contributed by atoms with Gasteiger partial charge in [0.25, 0.3) is 0 Å². The third kappa shape index (κ3) is 5.11. The smallest absolute Gasteiger partial charge is 0.225 e. The highest BCUT2D eigenvalue weighted by Gasteiger charge is 2.60. The number of benzene rings is 1. The minimum atomic E-state index is -2.69. The van der Waals surface area contributed by atoms with Crippen molar-refractivity contribution in [2.24, 2.45) is 17.6 Å². The monoisotopic (exact) mass is 558 g/mol. The summed E-state index contributed by atoms with van der Waals surface area (Å²) >= 11 is 0. The molecule has 11 nitrogen and oxygen atoms in total. The van der Waals surface area contributed by atoms with Crippen molar-refractivity contribution in [2.45, 2.75) is 69.2 Å². The van der Waals surface area contributed by atoms with Crippen molar-refractivity contribution >= 4 is 28.9 Å². The van der Waals surface area contributed by atoms with Crippen molar-refractivity contribution in [1.82, 2.24) is 10.2 Å².